The van der Waals surface area contributed by atoms with Crippen molar-refractivity contribution < 1.29 is 23.9 Å². The van der Waals surface area contributed by atoms with E-state index < -0.39 is 17.6 Å². The maximum Gasteiger partial charge on any atom is 0.291 e. The highest BCUT2D eigenvalue weighted by Crippen LogP contribution is 2.35. The summed E-state index contributed by atoms with van der Waals surface area (Å²) in [4.78, 5) is 42.4. The van der Waals surface area contributed by atoms with Gasteiger partial charge in [-0.3, -0.25) is 14.4 Å². The summed E-state index contributed by atoms with van der Waals surface area (Å²) in [5.74, 6) is -0.758. The summed E-state index contributed by atoms with van der Waals surface area (Å²) < 4.78 is 10.3. The van der Waals surface area contributed by atoms with Gasteiger partial charge in [0.2, 0.25) is 11.7 Å². The zero-order valence-corrected chi connectivity index (χ0v) is 19.4. The topological polar surface area (TPSA) is 88.2 Å². The number of nitrogens with zero attached hydrogens (tertiary/aromatic N) is 2. The van der Waals surface area contributed by atoms with Gasteiger partial charge in [0, 0.05) is 45.5 Å². The molecule has 1 fully saturated rings. The van der Waals surface area contributed by atoms with E-state index in [4.69, 9.17) is 9.47 Å². The summed E-state index contributed by atoms with van der Waals surface area (Å²) in [6.07, 6.45) is 5.52. The number of Topliss-reactive ketones (excluding diaryl/α,β-unsaturated/α-hetero) is 1. The van der Waals surface area contributed by atoms with Gasteiger partial charge in [-0.25, -0.2) is 0 Å². The van der Waals surface area contributed by atoms with Crippen LogP contribution >= 0.6 is 0 Å². The Hall–Kier alpha value is -2.61. The highest BCUT2D eigenvalue weighted by atomic mass is 16.5. The number of fused-ring (bicyclic) bond motifs is 1. The Labute approximate surface area is 190 Å². The number of ketones is 1. The third-order valence-electron chi connectivity index (χ3n) is 6.53. The Morgan fingerprint density at radius 2 is 1.88 bits per heavy atom. The van der Waals surface area contributed by atoms with Crippen molar-refractivity contribution in [2.45, 2.75) is 38.0 Å². The van der Waals surface area contributed by atoms with Gasteiger partial charge in [-0.2, -0.15) is 0 Å². The number of nitrogens with one attached hydrogen (secondary N) is 1. The number of rotatable bonds is 10. The molecule has 1 aliphatic heterocycles. The first-order chi connectivity index (χ1) is 15.4. The summed E-state index contributed by atoms with van der Waals surface area (Å²) in [5.41, 5.74) is 1.61. The molecule has 8 nitrogen and oxygen atoms in total. The van der Waals surface area contributed by atoms with E-state index in [1.54, 1.807) is 32.2 Å². The van der Waals surface area contributed by atoms with Crippen molar-refractivity contribution in [3.8, 4) is 5.75 Å². The molecule has 0 bridgehead atoms. The molecule has 2 amide bonds. The van der Waals surface area contributed by atoms with Crippen molar-refractivity contribution in [3.05, 3.63) is 23.8 Å². The molecule has 1 atom stereocenters. The number of ether oxygens (including phenoxy) is 2. The van der Waals surface area contributed by atoms with Crippen molar-refractivity contribution in [3.63, 3.8) is 0 Å². The Bertz CT molecular complexity index is 822. The second-order valence-electron chi connectivity index (χ2n) is 8.75. The minimum absolute atomic E-state index is 0.0864. The number of carbonyl (C=O) groups is 3. The quantitative estimate of drug-likeness (QED) is 0.556. The molecule has 1 aliphatic carbocycles. The Balaban J connectivity index is 1.74. The minimum Gasteiger partial charge on any atom is -0.497 e. The van der Waals surface area contributed by atoms with Crippen molar-refractivity contribution >= 4 is 23.3 Å². The maximum absolute atomic E-state index is 13.3. The summed E-state index contributed by atoms with van der Waals surface area (Å²) in [7, 11) is 4.86. The van der Waals surface area contributed by atoms with Gasteiger partial charge in [0.05, 0.1) is 19.6 Å². The van der Waals surface area contributed by atoms with Crippen molar-refractivity contribution in [2.75, 3.05) is 59.4 Å². The van der Waals surface area contributed by atoms with Crippen LogP contribution in [0.25, 0.3) is 0 Å². The molecule has 1 N–H and O–H groups in total. The molecule has 1 heterocycles. The van der Waals surface area contributed by atoms with Crippen LogP contribution in [-0.2, 0) is 19.1 Å². The van der Waals surface area contributed by atoms with Gasteiger partial charge in [-0.1, -0.05) is 25.3 Å². The number of anilines is 1. The number of amides is 2. The number of benzene rings is 1. The smallest absolute Gasteiger partial charge is 0.291 e. The van der Waals surface area contributed by atoms with E-state index in [1.807, 2.05) is 12.1 Å². The first-order valence-corrected chi connectivity index (χ1v) is 11.4. The van der Waals surface area contributed by atoms with Gasteiger partial charge in [0.25, 0.3) is 5.91 Å². The zero-order chi connectivity index (χ0) is 23.1. The Morgan fingerprint density at radius 1 is 1.12 bits per heavy atom. The number of likely N-dealkylation sites (N-methyl/N-ethyl adjacent to an activating group) is 1. The van der Waals surface area contributed by atoms with E-state index in [-0.39, 0.29) is 12.5 Å². The standard InChI is InChI=1S/C24H35N3O5/c1-26(11-12-31-2)22(28)16-27(15-17-7-5-4-6-8-17)24(30)23(29)20-14-25-21-13-18(32-3)9-10-19(20)21/h9-10,13,17,20,25H,4-8,11-12,14-16H2,1-3H3. The third kappa shape index (κ3) is 5.79. The molecule has 3 rings (SSSR count). The van der Waals surface area contributed by atoms with Crippen LogP contribution in [0.4, 0.5) is 5.69 Å². The summed E-state index contributed by atoms with van der Waals surface area (Å²) in [6.45, 7) is 1.59. The summed E-state index contributed by atoms with van der Waals surface area (Å²) in [5, 5.41) is 3.20. The van der Waals surface area contributed by atoms with E-state index in [1.165, 1.54) is 11.3 Å². The van der Waals surface area contributed by atoms with Crippen LogP contribution in [0, 0.1) is 5.92 Å². The zero-order valence-electron chi connectivity index (χ0n) is 19.4. The predicted octanol–water partition coefficient (Wildman–Crippen LogP) is 2.29. The largest absolute Gasteiger partial charge is 0.497 e. The second-order valence-corrected chi connectivity index (χ2v) is 8.75. The average molecular weight is 446 g/mol. The van der Waals surface area contributed by atoms with Crippen LogP contribution in [0.5, 0.6) is 5.75 Å². The molecule has 0 radical (unpaired) electrons. The van der Waals surface area contributed by atoms with E-state index >= 15 is 0 Å². The molecule has 32 heavy (non-hydrogen) atoms. The molecular weight excluding hydrogens is 410 g/mol. The van der Waals surface area contributed by atoms with Crippen LogP contribution in [0.15, 0.2) is 18.2 Å². The lowest BCUT2D eigenvalue weighted by Crippen LogP contribution is -2.47. The number of carbonyl (C=O) groups excluding carboxylic acids is 3. The van der Waals surface area contributed by atoms with Gasteiger partial charge >= 0.3 is 0 Å². The van der Waals surface area contributed by atoms with Gasteiger partial charge in [0.15, 0.2) is 0 Å². The average Bonchev–Trinajstić information content (AvgIpc) is 3.24. The summed E-state index contributed by atoms with van der Waals surface area (Å²) in [6, 6.07) is 5.46. The van der Waals surface area contributed by atoms with E-state index in [0.717, 1.165) is 36.9 Å². The lowest BCUT2D eigenvalue weighted by molar-refractivity contribution is -0.148. The highest BCUT2D eigenvalue weighted by Gasteiger charge is 2.36. The van der Waals surface area contributed by atoms with Gasteiger partial charge < -0.3 is 24.6 Å². The Morgan fingerprint density at radius 3 is 2.56 bits per heavy atom. The molecule has 176 valence electrons. The van der Waals surface area contributed by atoms with Crippen molar-refractivity contribution in [2.24, 2.45) is 5.92 Å². The van der Waals surface area contributed by atoms with Crippen molar-refractivity contribution in [1.29, 1.82) is 0 Å². The molecule has 1 unspecified atom stereocenters. The molecule has 1 saturated carbocycles. The fourth-order valence-corrected chi connectivity index (χ4v) is 4.52. The van der Waals surface area contributed by atoms with Crippen LogP contribution in [0.2, 0.25) is 0 Å². The van der Waals surface area contributed by atoms with Gasteiger partial charge in [-0.05, 0) is 30.4 Å². The lowest BCUT2D eigenvalue weighted by Gasteiger charge is -2.30. The van der Waals surface area contributed by atoms with Gasteiger partial charge in [0.1, 0.15) is 12.3 Å². The van der Waals surface area contributed by atoms with Crippen LogP contribution in [0.3, 0.4) is 0 Å². The van der Waals surface area contributed by atoms with E-state index in [9.17, 15) is 14.4 Å². The fourth-order valence-electron chi connectivity index (χ4n) is 4.52. The molecule has 1 aromatic carbocycles. The molecule has 0 spiro atoms. The molecule has 0 aromatic heterocycles. The van der Waals surface area contributed by atoms with Crippen LogP contribution in [0.1, 0.15) is 43.6 Å². The molecule has 0 saturated heterocycles. The number of methoxy groups -OCH3 is 2. The molecule has 1 aromatic rings. The number of hydrogen-bond donors (Lipinski definition) is 1. The normalized spacial score (nSPS) is 17.9. The molecule has 8 heteroatoms. The fraction of sp³-hybridized carbons (Fsp3) is 0.625. The van der Waals surface area contributed by atoms with Crippen LogP contribution in [-0.4, -0.2) is 81.5 Å². The van der Waals surface area contributed by atoms with E-state index in [0.29, 0.717) is 37.9 Å². The summed E-state index contributed by atoms with van der Waals surface area (Å²) >= 11 is 0. The Kier molecular flexibility index (Phi) is 8.50. The number of hydrogen-bond acceptors (Lipinski definition) is 6. The van der Waals surface area contributed by atoms with Gasteiger partial charge in [-0.15, -0.1) is 0 Å². The molecule has 2 aliphatic rings. The minimum atomic E-state index is -0.570. The first-order valence-electron chi connectivity index (χ1n) is 11.4. The lowest BCUT2D eigenvalue weighted by atomic mass is 9.88. The predicted molar refractivity (Wildman–Crippen MR) is 122 cm³/mol. The van der Waals surface area contributed by atoms with Crippen LogP contribution < -0.4 is 10.1 Å². The molecular formula is C24H35N3O5. The second kappa shape index (κ2) is 11.3. The first kappa shape index (κ1) is 24.0. The van der Waals surface area contributed by atoms with Crippen molar-refractivity contribution in [1.82, 2.24) is 9.80 Å². The third-order valence-corrected chi connectivity index (χ3v) is 6.53. The monoisotopic (exact) mass is 445 g/mol. The SMILES string of the molecule is COCCN(C)C(=O)CN(CC1CCCCC1)C(=O)C(=O)C1CNc2cc(OC)ccc21. The highest BCUT2D eigenvalue weighted by molar-refractivity contribution is 6.38. The maximum atomic E-state index is 13.3. The van der Waals surface area contributed by atoms with E-state index in [2.05, 4.69) is 5.32 Å².